The van der Waals surface area contributed by atoms with Gasteiger partial charge in [-0.15, -0.1) is 0 Å². The van der Waals surface area contributed by atoms with Crippen LogP contribution in [0, 0.1) is 11.3 Å². The average Bonchev–Trinajstić information content (AvgIpc) is 2.75. The predicted molar refractivity (Wildman–Crippen MR) is 69.3 cm³/mol. The van der Waals surface area contributed by atoms with E-state index in [9.17, 15) is 0 Å². The molecule has 1 aliphatic rings. The van der Waals surface area contributed by atoms with E-state index in [0.29, 0.717) is 5.41 Å². The van der Waals surface area contributed by atoms with Crippen LogP contribution in [-0.4, -0.2) is 6.54 Å². The molecule has 2 N–H and O–H groups in total. The van der Waals surface area contributed by atoms with Gasteiger partial charge in [0, 0.05) is 0 Å². The molecule has 1 aliphatic carbocycles. The zero-order valence-electron chi connectivity index (χ0n) is 10.3. The zero-order valence-corrected chi connectivity index (χ0v) is 10.3. The zero-order chi connectivity index (χ0) is 11.4. The van der Waals surface area contributed by atoms with Crippen LogP contribution in [0.3, 0.4) is 0 Å². The monoisotopic (exact) mass is 217 g/mol. The van der Waals surface area contributed by atoms with Gasteiger partial charge >= 0.3 is 0 Å². The van der Waals surface area contributed by atoms with Gasteiger partial charge in [0.05, 0.1) is 0 Å². The van der Waals surface area contributed by atoms with Gasteiger partial charge in [0.1, 0.15) is 0 Å². The van der Waals surface area contributed by atoms with Gasteiger partial charge in [-0.1, -0.05) is 37.3 Å². The molecule has 1 aromatic rings. The highest BCUT2D eigenvalue weighted by molar-refractivity contribution is 5.15. The van der Waals surface area contributed by atoms with E-state index in [-0.39, 0.29) is 0 Å². The first-order chi connectivity index (χ1) is 7.78. The van der Waals surface area contributed by atoms with Crippen LogP contribution in [-0.2, 0) is 6.42 Å². The fraction of sp³-hybridized carbons (Fsp3) is 0.600. The summed E-state index contributed by atoms with van der Waals surface area (Å²) in [6, 6.07) is 10.9. The van der Waals surface area contributed by atoms with Gasteiger partial charge in [0.2, 0.25) is 0 Å². The molecular weight excluding hydrogens is 194 g/mol. The van der Waals surface area contributed by atoms with Crippen molar-refractivity contribution < 1.29 is 0 Å². The molecule has 0 aliphatic heterocycles. The molecule has 1 fully saturated rings. The van der Waals surface area contributed by atoms with Crippen molar-refractivity contribution in [3.63, 3.8) is 0 Å². The second-order valence-electron chi connectivity index (χ2n) is 5.36. The summed E-state index contributed by atoms with van der Waals surface area (Å²) in [4.78, 5) is 0. The molecule has 88 valence electrons. The third-order valence-electron chi connectivity index (χ3n) is 4.35. The van der Waals surface area contributed by atoms with Gasteiger partial charge in [0.15, 0.2) is 0 Å². The minimum atomic E-state index is 0.458. The molecule has 0 heterocycles. The highest BCUT2D eigenvalue weighted by Crippen LogP contribution is 2.44. The fourth-order valence-electron chi connectivity index (χ4n) is 3.10. The second kappa shape index (κ2) is 5.01. The molecule has 1 saturated carbocycles. The first-order valence-corrected chi connectivity index (χ1v) is 6.52. The maximum absolute atomic E-state index is 5.93. The van der Waals surface area contributed by atoms with Crippen LogP contribution < -0.4 is 5.73 Å². The summed E-state index contributed by atoms with van der Waals surface area (Å²) in [5.74, 6) is 0.853. The van der Waals surface area contributed by atoms with E-state index >= 15 is 0 Å². The maximum atomic E-state index is 5.93. The summed E-state index contributed by atoms with van der Waals surface area (Å²) >= 11 is 0. The summed E-state index contributed by atoms with van der Waals surface area (Å²) in [6.07, 6.45) is 6.50. The van der Waals surface area contributed by atoms with Crippen molar-refractivity contribution in [3.05, 3.63) is 35.9 Å². The molecule has 16 heavy (non-hydrogen) atoms. The van der Waals surface area contributed by atoms with Crippen molar-refractivity contribution >= 4 is 0 Å². The normalized spacial score (nSPS) is 29.5. The Morgan fingerprint density at radius 1 is 1.31 bits per heavy atom. The second-order valence-corrected chi connectivity index (χ2v) is 5.36. The van der Waals surface area contributed by atoms with Crippen molar-refractivity contribution in [2.75, 3.05) is 6.54 Å². The Hall–Kier alpha value is -0.820. The molecule has 0 amide bonds. The first-order valence-electron chi connectivity index (χ1n) is 6.52. The highest BCUT2D eigenvalue weighted by atomic mass is 14.6. The number of nitrogens with two attached hydrogens (primary N) is 1. The quantitative estimate of drug-likeness (QED) is 0.822. The van der Waals surface area contributed by atoms with E-state index in [1.165, 1.54) is 37.7 Å². The van der Waals surface area contributed by atoms with Gasteiger partial charge in [0.25, 0.3) is 0 Å². The lowest BCUT2D eigenvalue weighted by Crippen LogP contribution is -2.27. The van der Waals surface area contributed by atoms with Crippen molar-refractivity contribution in [3.8, 4) is 0 Å². The Morgan fingerprint density at radius 3 is 2.62 bits per heavy atom. The van der Waals surface area contributed by atoms with Gasteiger partial charge in [-0.05, 0) is 55.5 Å². The third kappa shape index (κ3) is 2.46. The lowest BCUT2D eigenvalue weighted by atomic mass is 9.82. The topological polar surface area (TPSA) is 26.0 Å². The third-order valence-corrected chi connectivity index (χ3v) is 4.35. The largest absolute Gasteiger partial charge is 0.330 e. The summed E-state index contributed by atoms with van der Waals surface area (Å²) in [7, 11) is 0. The summed E-state index contributed by atoms with van der Waals surface area (Å²) in [5, 5.41) is 0. The molecule has 0 aromatic heterocycles. The fourth-order valence-corrected chi connectivity index (χ4v) is 3.10. The molecule has 2 atom stereocenters. The Bertz CT molecular complexity index is 313. The van der Waals surface area contributed by atoms with Crippen LogP contribution in [0.2, 0.25) is 0 Å². The van der Waals surface area contributed by atoms with Gasteiger partial charge < -0.3 is 5.73 Å². The van der Waals surface area contributed by atoms with Crippen LogP contribution in [0.1, 0.15) is 38.2 Å². The Balaban J connectivity index is 1.95. The summed E-state index contributed by atoms with van der Waals surface area (Å²) < 4.78 is 0. The first kappa shape index (κ1) is 11.7. The number of hydrogen-bond donors (Lipinski definition) is 1. The number of hydrogen-bond acceptors (Lipinski definition) is 1. The Kier molecular flexibility index (Phi) is 3.65. The number of rotatable bonds is 4. The van der Waals surface area contributed by atoms with E-state index in [2.05, 4.69) is 37.3 Å². The van der Waals surface area contributed by atoms with E-state index in [0.717, 1.165) is 12.5 Å². The van der Waals surface area contributed by atoms with Crippen LogP contribution in [0.4, 0.5) is 0 Å². The smallest absolute Gasteiger partial charge is 0.00205 e. The molecule has 2 rings (SSSR count). The van der Waals surface area contributed by atoms with Crippen LogP contribution >= 0.6 is 0 Å². The van der Waals surface area contributed by atoms with Crippen LogP contribution in [0.25, 0.3) is 0 Å². The maximum Gasteiger partial charge on any atom is -0.00205 e. The summed E-state index contributed by atoms with van der Waals surface area (Å²) in [6.45, 7) is 3.16. The molecule has 1 nitrogen and oxygen atoms in total. The van der Waals surface area contributed by atoms with Crippen molar-refractivity contribution in [1.82, 2.24) is 0 Å². The highest BCUT2D eigenvalue weighted by Gasteiger charge is 2.36. The average molecular weight is 217 g/mol. The Labute approximate surface area is 99.0 Å². The molecule has 1 aromatic carbocycles. The van der Waals surface area contributed by atoms with E-state index in [1.807, 2.05) is 0 Å². The van der Waals surface area contributed by atoms with Crippen molar-refractivity contribution in [1.29, 1.82) is 0 Å². The lowest BCUT2D eigenvalue weighted by Gasteiger charge is -2.25. The predicted octanol–water partition coefficient (Wildman–Crippen LogP) is 3.38. The molecular formula is C15H23N. The van der Waals surface area contributed by atoms with E-state index in [1.54, 1.807) is 0 Å². The molecule has 2 unspecified atom stereocenters. The van der Waals surface area contributed by atoms with Crippen LogP contribution in [0.5, 0.6) is 0 Å². The molecule has 0 saturated heterocycles. The standard InChI is InChI=1S/C15H23N/c1-2-15(12-16)9-8-14(11-15)10-13-6-4-3-5-7-13/h3-7,14H,2,8-12,16H2,1H3. The van der Waals surface area contributed by atoms with Gasteiger partial charge in [-0.2, -0.15) is 0 Å². The van der Waals surface area contributed by atoms with Crippen molar-refractivity contribution in [2.45, 2.75) is 39.0 Å². The SMILES string of the molecule is CCC1(CN)CCC(Cc2ccccc2)C1. The molecule has 0 bridgehead atoms. The van der Waals surface area contributed by atoms with E-state index in [4.69, 9.17) is 5.73 Å². The molecule has 1 heteroatoms. The van der Waals surface area contributed by atoms with Gasteiger partial charge in [-0.25, -0.2) is 0 Å². The lowest BCUT2D eigenvalue weighted by molar-refractivity contribution is 0.282. The molecule has 0 spiro atoms. The minimum Gasteiger partial charge on any atom is -0.330 e. The van der Waals surface area contributed by atoms with Gasteiger partial charge in [-0.3, -0.25) is 0 Å². The van der Waals surface area contributed by atoms with E-state index < -0.39 is 0 Å². The van der Waals surface area contributed by atoms with Crippen molar-refractivity contribution in [2.24, 2.45) is 17.1 Å². The molecule has 0 radical (unpaired) electrons. The van der Waals surface area contributed by atoms with Crippen LogP contribution in [0.15, 0.2) is 30.3 Å². The Morgan fingerprint density at radius 2 is 2.06 bits per heavy atom. The number of benzene rings is 1. The summed E-state index contributed by atoms with van der Waals surface area (Å²) in [5.41, 5.74) is 7.88. The minimum absolute atomic E-state index is 0.458.